The number of fused-ring (bicyclic) bond motifs is 4. The van der Waals surface area contributed by atoms with Gasteiger partial charge in [0.2, 0.25) is 0 Å². The molecule has 0 amide bonds. The van der Waals surface area contributed by atoms with Crippen LogP contribution < -0.4 is 15.3 Å². The van der Waals surface area contributed by atoms with Crippen LogP contribution in [0.5, 0.6) is 0 Å². The minimum Gasteiger partial charge on any atom is -0.369 e. The molecule has 0 spiro atoms. The van der Waals surface area contributed by atoms with Crippen molar-refractivity contribution in [2.75, 3.05) is 11.4 Å². The lowest BCUT2D eigenvalue weighted by molar-refractivity contribution is 0.474. The van der Waals surface area contributed by atoms with Crippen molar-refractivity contribution in [3.63, 3.8) is 0 Å². The second-order valence-electron chi connectivity index (χ2n) is 7.36. The molecule has 4 rings (SSSR count). The number of rotatable bonds is 1. The van der Waals surface area contributed by atoms with E-state index in [1.807, 2.05) is 0 Å². The van der Waals surface area contributed by atoms with Crippen molar-refractivity contribution >= 4 is 24.1 Å². The molecule has 2 aliphatic rings. The van der Waals surface area contributed by atoms with Gasteiger partial charge < -0.3 is 4.90 Å². The fourth-order valence-corrected chi connectivity index (χ4v) is 9.33. The number of hydrogen-bond acceptors (Lipinski definition) is 1. The van der Waals surface area contributed by atoms with Crippen LogP contribution in [0.1, 0.15) is 25.3 Å². The van der Waals surface area contributed by atoms with Crippen LogP contribution in [0.4, 0.5) is 5.69 Å². The number of aryl methyl sites for hydroxylation is 1. The van der Waals surface area contributed by atoms with E-state index < -0.39 is 8.07 Å². The largest absolute Gasteiger partial charge is 0.369 e. The predicted molar refractivity (Wildman–Crippen MR) is 98.3 cm³/mol. The number of benzene rings is 2. The summed E-state index contributed by atoms with van der Waals surface area (Å²) in [6.07, 6.45) is 2.73. The Morgan fingerprint density at radius 3 is 2.59 bits per heavy atom. The Bertz CT molecular complexity index is 696. The third kappa shape index (κ3) is 1.90. The van der Waals surface area contributed by atoms with Crippen LogP contribution in [0.25, 0.3) is 0 Å². The van der Waals surface area contributed by atoms with Crippen molar-refractivity contribution in [3.05, 3.63) is 54.1 Å². The molecule has 1 fully saturated rings. The van der Waals surface area contributed by atoms with Crippen LogP contribution in [-0.2, 0) is 0 Å². The van der Waals surface area contributed by atoms with E-state index in [9.17, 15) is 0 Å². The summed E-state index contributed by atoms with van der Waals surface area (Å²) in [5.74, 6) is 0. The van der Waals surface area contributed by atoms with Crippen molar-refractivity contribution in [2.24, 2.45) is 0 Å². The Balaban J connectivity index is 1.97. The molecule has 2 aromatic carbocycles. The highest BCUT2D eigenvalue weighted by Gasteiger charge is 2.48. The van der Waals surface area contributed by atoms with Crippen molar-refractivity contribution in [3.8, 4) is 0 Å². The molecule has 3 atom stereocenters. The van der Waals surface area contributed by atoms with E-state index in [2.05, 4.69) is 73.8 Å². The molecule has 0 saturated carbocycles. The molecule has 0 radical (unpaired) electrons. The van der Waals surface area contributed by atoms with Crippen LogP contribution in [0.3, 0.4) is 0 Å². The summed E-state index contributed by atoms with van der Waals surface area (Å²) in [7, 11) is -1.66. The quantitative estimate of drug-likeness (QED) is 0.728. The molecule has 2 aromatic rings. The summed E-state index contributed by atoms with van der Waals surface area (Å²) in [6, 6.07) is 19.2. The molecule has 1 saturated heterocycles. The third-order valence-corrected chi connectivity index (χ3v) is 11.2. The molecule has 0 N–H and O–H groups in total. The molecule has 0 aliphatic carbocycles. The zero-order valence-corrected chi connectivity index (χ0v) is 14.8. The summed E-state index contributed by atoms with van der Waals surface area (Å²) < 4.78 is 0. The molecule has 2 aliphatic heterocycles. The monoisotopic (exact) mass is 307 g/mol. The van der Waals surface area contributed by atoms with Crippen LogP contribution in [0, 0.1) is 6.92 Å². The fourth-order valence-electron chi connectivity index (χ4n) is 4.63. The van der Waals surface area contributed by atoms with Crippen molar-refractivity contribution in [2.45, 2.75) is 44.8 Å². The second kappa shape index (κ2) is 4.99. The minimum atomic E-state index is -1.66. The third-order valence-electron chi connectivity index (χ3n) is 6.09. The summed E-state index contributed by atoms with van der Waals surface area (Å²) >= 11 is 0. The van der Waals surface area contributed by atoms with Crippen molar-refractivity contribution in [1.29, 1.82) is 0 Å². The SMILES string of the molecule is Cc1ccc2c(c1)[Si](C)(c1ccccc1)C1CCC(C)N2C1. The van der Waals surface area contributed by atoms with Gasteiger partial charge in [-0.25, -0.2) is 0 Å². The molecular formula is C20H25NSi. The summed E-state index contributed by atoms with van der Waals surface area (Å²) in [6.45, 7) is 8.50. The van der Waals surface area contributed by atoms with Gasteiger partial charge in [0.05, 0.1) is 0 Å². The zero-order valence-electron chi connectivity index (χ0n) is 13.8. The van der Waals surface area contributed by atoms with Gasteiger partial charge in [-0.1, -0.05) is 59.8 Å². The maximum absolute atomic E-state index is 2.68. The highest BCUT2D eigenvalue weighted by Crippen LogP contribution is 2.41. The molecular weight excluding hydrogens is 282 g/mol. The molecule has 114 valence electrons. The lowest BCUT2D eigenvalue weighted by Gasteiger charge is -2.52. The van der Waals surface area contributed by atoms with E-state index in [0.29, 0.717) is 6.04 Å². The molecule has 2 heteroatoms. The van der Waals surface area contributed by atoms with Gasteiger partial charge in [-0.05, 0) is 43.5 Å². The fraction of sp³-hybridized carbons (Fsp3) is 0.400. The average Bonchev–Trinajstić information content (AvgIpc) is 2.55. The van der Waals surface area contributed by atoms with Crippen LogP contribution in [0.2, 0.25) is 12.1 Å². The first-order valence-electron chi connectivity index (χ1n) is 8.54. The molecule has 2 bridgehead atoms. The summed E-state index contributed by atoms with van der Waals surface area (Å²) in [5, 5.41) is 3.28. The van der Waals surface area contributed by atoms with Crippen LogP contribution in [-0.4, -0.2) is 20.7 Å². The van der Waals surface area contributed by atoms with Gasteiger partial charge in [-0.2, -0.15) is 0 Å². The topological polar surface area (TPSA) is 3.24 Å². The number of piperidine rings is 1. The van der Waals surface area contributed by atoms with Gasteiger partial charge in [0.15, 0.2) is 0 Å². The van der Waals surface area contributed by atoms with Gasteiger partial charge in [0.25, 0.3) is 0 Å². The number of nitrogens with zero attached hydrogens (tertiary/aromatic N) is 1. The number of anilines is 1. The Hall–Kier alpha value is -1.54. The Morgan fingerprint density at radius 2 is 1.82 bits per heavy atom. The van der Waals surface area contributed by atoms with Crippen molar-refractivity contribution < 1.29 is 0 Å². The number of hydrogen-bond donors (Lipinski definition) is 0. The van der Waals surface area contributed by atoms with E-state index in [0.717, 1.165) is 5.54 Å². The Kier molecular flexibility index (Phi) is 3.19. The summed E-state index contributed by atoms with van der Waals surface area (Å²) in [4.78, 5) is 2.68. The van der Waals surface area contributed by atoms with Gasteiger partial charge in [0.1, 0.15) is 8.07 Å². The molecule has 1 nitrogen and oxygen atoms in total. The lowest BCUT2D eigenvalue weighted by atomic mass is 10.0. The van der Waals surface area contributed by atoms with E-state index in [4.69, 9.17) is 0 Å². The van der Waals surface area contributed by atoms with E-state index in [1.165, 1.54) is 30.6 Å². The second-order valence-corrected chi connectivity index (χ2v) is 11.7. The van der Waals surface area contributed by atoms with Crippen LogP contribution in [0.15, 0.2) is 48.5 Å². The lowest BCUT2D eigenvalue weighted by Crippen LogP contribution is -2.67. The molecule has 22 heavy (non-hydrogen) atoms. The summed E-state index contributed by atoms with van der Waals surface area (Å²) in [5.41, 5.74) is 3.77. The minimum absolute atomic E-state index is 0.687. The normalized spacial score (nSPS) is 30.0. The van der Waals surface area contributed by atoms with Gasteiger partial charge in [-0.3, -0.25) is 0 Å². The van der Waals surface area contributed by atoms with E-state index in [-0.39, 0.29) is 0 Å². The molecule has 0 aromatic heterocycles. The maximum atomic E-state index is 2.68. The predicted octanol–water partition coefficient (Wildman–Crippen LogP) is 3.56. The van der Waals surface area contributed by atoms with Crippen LogP contribution >= 0.6 is 0 Å². The maximum Gasteiger partial charge on any atom is 0.122 e. The van der Waals surface area contributed by atoms with E-state index >= 15 is 0 Å². The van der Waals surface area contributed by atoms with E-state index in [1.54, 1.807) is 10.4 Å². The van der Waals surface area contributed by atoms with Gasteiger partial charge in [0, 0.05) is 18.3 Å². The van der Waals surface area contributed by atoms with Gasteiger partial charge >= 0.3 is 0 Å². The Morgan fingerprint density at radius 1 is 1.05 bits per heavy atom. The first kappa shape index (κ1) is 14.1. The molecule has 2 heterocycles. The van der Waals surface area contributed by atoms with Gasteiger partial charge in [-0.15, -0.1) is 0 Å². The standard InChI is InChI=1S/C20H25NSi/c1-15-9-12-19-20(13-15)22(3,17-7-5-4-6-8-17)18-11-10-16(2)21(19)14-18/h4-9,12-13,16,18H,10-11,14H2,1-3H3. The highest BCUT2D eigenvalue weighted by atomic mass is 28.3. The van der Waals surface area contributed by atoms with Crippen molar-refractivity contribution in [1.82, 2.24) is 0 Å². The first-order valence-corrected chi connectivity index (χ1v) is 11.1. The zero-order chi connectivity index (χ0) is 15.3. The highest BCUT2D eigenvalue weighted by molar-refractivity contribution is 7.03. The average molecular weight is 308 g/mol. The smallest absolute Gasteiger partial charge is 0.122 e. The first-order chi connectivity index (χ1) is 10.6. The molecule has 3 unspecified atom stereocenters. The Labute approximate surface area is 135 Å².